The zero-order valence-corrected chi connectivity index (χ0v) is 20.5. The van der Waals surface area contributed by atoms with Gasteiger partial charge in [-0.3, -0.25) is 9.59 Å². The van der Waals surface area contributed by atoms with Crippen LogP contribution in [-0.2, 0) is 16.1 Å². The van der Waals surface area contributed by atoms with Gasteiger partial charge in [-0.2, -0.15) is 0 Å². The first-order valence-electron chi connectivity index (χ1n) is 11.5. The van der Waals surface area contributed by atoms with E-state index in [2.05, 4.69) is 10.6 Å². The largest absolute Gasteiger partial charge is 0.457 e. The second-order valence-electron chi connectivity index (χ2n) is 8.08. The van der Waals surface area contributed by atoms with Gasteiger partial charge in [-0.25, -0.2) is 4.39 Å². The van der Waals surface area contributed by atoms with Crippen molar-refractivity contribution >= 4 is 29.1 Å². The number of rotatable bonds is 10. The molecule has 2 amide bonds. The fraction of sp³-hybridized carbons (Fsp3) is 0.103. The summed E-state index contributed by atoms with van der Waals surface area (Å²) in [6, 6.07) is 28.1. The molecule has 0 bridgehead atoms. The van der Waals surface area contributed by atoms with Crippen LogP contribution in [0.1, 0.15) is 15.9 Å². The van der Waals surface area contributed by atoms with E-state index in [9.17, 15) is 14.0 Å². The van der Waals surface area contributed by atoms with E-state index in [0.29, 0.717) is 17.2 Å². The fourth-order valence-corrected chi connectivity index (χ4v) is 3.58. The van der Waals surface area contributed by atoms with E-state index in [1.807, 2.05) is 60.7 Å². The lowest BCUT2D eigenvalue weighted by Crippen LogP contribution is -2.47. The second-order valence-corrected chi connectivity index (χ2v) is 8.52. The molecule has 8 heteroatoms. The molecule has 2 N–H and O–H groups in total. The molecular weight excluding hydrogens is 495 g/mol. The van der Waals surface area contributed by atoms with E-state index in [0.717, 1.165) is 11.6 Å². The minimum Gasteiger partial charge on any atom is -0.457 e. The van der Waals surface area contributed by atoms with Crippen molar-refractivity contribution in [2.45, 2.75) is 12.6 Å². The van der Waals surface area contributed by atoms with E-state index in [4.69, 9.17) is 21.1 Å². The molecule has 0 radical (unpaired) electrons. The Bertz CT molecular complexity index is 1340. The first-order chi connectivity index (χ1) is 18.0. The van der Waals surface area contributed by atoms with Crippen LogP contribution in [0.25, 0.3) is 0 Å². The number of carbonyl (C=O) groups excluding carboxylic acids is 2. The molecular formula is C29H24ClFN2O4. The summed E-state index contributed by atoms with van der Waals surface area (Å²) in [7, 11) is 0. The van der Waals surface area contributed by atoms with Gasteiger partial charge >= 0.3 is 0 Å². The van der Waals surface area contributed by atoms with E-state index in [1.54, 1.807) is 24.3 Å². The van der Waals surface area contributed by atoms with Gasteiger partial charge in [0.25, 0.3) is 5.91 Å². The van der Waals surface area contributed by atoms with Crippen molar-refractivity contribution in [3.05, 3.63) is 125 Å². The minimum absolute atomic E-state index is 0.128. The summed E-state index contributed by atoms with van der Waals surface area (Å²) in [5.74, 6) is -0.786. The average Bonchev–Trinajstić information content (AvgIpc) is 2.90. The fourth-order valence-electron chi connectivity index (χ4n) is 3.42. The summed E-state index contributed by atoms with van der Waals surface area (Å²) >= 11 is 5.79. The Kier molecular flexibility index (Phi) is 8.86. The number of amides is 2. The summed E-state index contributed by atoms with van der Waals surface area (Å²) in [6.07, 6.45) is 0. The quantitative estimate of drug-likeness (QED) is 0.261. The van der Waals surface area contributed by atoms with Gasteiger partial charge in [0.15, 0.2) is 0 Å². The average molecular weight is 519 g/mol. The molecule has 0 aromatic heterocycles. The van der Waals surface area contributed by atoms with Crippen LogP contribution in [0, 0.1) is 5.82 Å². The van der Waals surface area contributed by atoms with Crippen molar-refractivity contribution in [2.24, 2.45) is 0 Å². The van der Waals surface area contributed by atoms with Crippen LogP contribution < -0.4 is 15.4 Å². The Hall–Kier alpha value is -4.20. The number of hydrogen-bond donors (Lipinski definition) is 2. The number of benzene rings is 4. The van der Waals surface area contributed by atoms with Crippen LogP contribution in [0.15, 0.2) is 103 Å². The van der Waals surface area contributed by atoms with Crippen LogP contribution in [0.5, 0.6) is 11.5 Å². The third-order valence-electron chi connectivity index (χ3n) is 5.29. The Morgan fingerprint density at radius 1 is 0.838 bits per heavy atom. The number of halogens is 2. The molecule has 0 saturated carbocycles. The first-order valence-corrected chi connectivity index (χ1v) is 11.9. The lowest BCUT2D eigenvalue weighted by atomic mass is 10.1. The summed E-state index contributed by atoms with van der Waals surface area (Å²) in [6.45, 7) is 0.109. The predicted molar refractivity (Wildman–Crippen MR) is 140 cm³/mol. The smallest absolute Gasteiger partial charge is 0.254 e. The topological polar surface area (TPSA) is 76.7 Å². The number of anilines is 1. The van der Waals surface area contributed by atoms with Crippen molar-refractivity contribution in [3.8, 4) is 11.5 Å². The van der Waals surface area contributed by atoms with E-state index < -0.39 is 23.7 Å². The SMILES string of the molecule is O=C(NC(COCc1ccccc1)C(=O)Nc1ccc(Oc2ccccc2)cc1)c1ccc(Cl)cc1F. The van der Waals surface area contributed by atoms with Crippen molar-refractivity contribution in [1.29, 1.82) is 0 Å². The Morgan fingerprint density at radius 2 is 1.49 bits per heavy atom. The number of carbonyl (C=O) groups is 2. The Labute approximate surface area is 219 Å². The molecule has 0 aliphatic rings. The highest BCUT2D eigenvalue weighted by molar-refractivity contribution is 6.30. The third-order valence-corrected chi connectivity index (χ3v) is 5.53. The highest BCUT2D eigenvalue weighted by Gasteiger charge is 2.24. The van der Waals surface area contributed by atoms with Gasteiger partial charge in [0.05, 0.1) is 18.8 Å². The number of nitrogens with one attached hydrogen (secondary N) is 2. The minimum atomic E-state index is -1.09. The molecule has 0 heterocycles. The molecule has 4 aromatic carbocycles. The number of ether oxygens (including phenoxy) is 2. The Balaban J connectivity index is 1.43. The van der Waals surface area contributed by atoms with Crippen LogP contribution in [0.3, 0.4) is 0 Å². The molecule has 4 aromatic rings. The van der Waals surface area contributed by atoms with Crippen molar-refractivity contribution < 1.29 is 23.5 Å². The maximum absolute atomic E-state index is 14.3. The van der Waals surface area contributed by atoms with Crippen molar-refractivity contribution in [3.63, 3.8) is 0 Å². The molecule has 0 spiro atoms. The molecule has 0 saturated heterocycles. The van der Waals surface area contributed by atoms with Crippen LogP contribution >= 0.6 is 11.6 Å². The molecule has 1 unspecified atom stereocenters. The van der Waals surface area contributed by atoms with Gasteiger partial charge in [0, 0.05) is 10.7 Å². The standard InChI is InChI=1S/C29H24ClFN2O4/c30-21-11-16-25(26(31)17-21)28(34)33-27(19-36-18-20-7-3-1-4-8-20)29(35)32-22-12-14-24(15-13-22)37-23-9-5-2-6-10-23/h1-17,27H,18-19H2,(H,32,35)(H,33,34). The number of para-hydroxylation sites is 1. The van der Waals surface area contributed by atoms with Crippen LogP contribution in [-0.4, -0.2) is 24.5 Å². The first kappa shape index (κ1) is 25.9. The molecule has 1 atom stereocenters. The highest BCUT2D eigenvalue weighted by Crippen LogP contribution is 2.23. The highest BCUT2D eigenvalue weighted by atomic mass is 35.5. The monoisotopic (exact) mass is 518 g/mol. The van der Waals surface area contributed by atoms with Gasteiger partial charge in [-0.05, 0) is 60.2 Å². The molecule has 4 rings (SSSR count). The lowest BCUT2D eigenvalue weighted by Gasteiger charge is -2.19. The zero-order valence-electron chi connectivity index (χ0n) is 19.7. The van der Waals surface area contributed by atoms with Crippen molar-refractivity contribution in [1.82, 2.24) is 5.32 Å². The van der Waals surface area contributed by atoms with Crippen LogP contribution in [0.2, 0.25) is 5.02 Å². The van der Waals surface area contributed by atoms with Gasteiger partial charge in [-0.15, -0.1) is 0 Å². The summed E-state index contributed by atoms with van der Waals surface area (Å²) in [5, 5.41) is 5.48. The molecule has 188 valence electrons. The molecule has 37 heavy (non-hydrogen) atoms. The summed E-state index contributed by atoms with van der Waals surface area (Å²) < 4.78 is 25.7. The van der Waals surface area contributed by atoms with E-state index in [1.165, 1.54) is 12.1 Å². The summed E-state index contributed by atoms with van der Waals surface area (Å²) in [5.41, 5.74) is 1.17. The van der Waals surface area contributed by atoms with Gasteiger partial charge in [-0.1, -0.05) is 60.1 Å². The maximum Gasteiger partial charge on any atom is 0.254 e. The van der Waals surface area contributed by atoms with Crippen molar-refractivity contribution in [2.75, 3.05) is 11.9 Å². The van der Waals surface area contributed by atoms with Gasteiger partial charge < -0.3 is 20.1 Å². The molecule has 0 fully saturated rings. The zero-order chi connectivity index (χ0) is 26.0. The molecule has 0 aliphatic carbocycles. The van der Waals surface area contributed by atoms with Gasteiger partial charge in [0.2, 0.25) is 5.91 Å². The normalized spacial score (nSPS) is 11.4. The third kappa shape index (κ3) is 7.64. The van der Waals surface area contributed by atoms with E-state index >= 15 is 0 Å². The second kappa shape index (κ2) is 12.7. The van der Waals surface area contributed by atoms with Gasteiger partial charge in [0.1, 0.15) is 23.4 Å². The van der Waals surface area contributed by atoms with Crippen LogP contribution in [0.4, 0.5) is 10.1 Å². The lowest BCUT2D eigenvalue weighted by molar-refractivity contribution is -0.119. The maximum atomic E-state index is 14.3. The predicted octanol–water partition coefficient (Wildman–Crippen LogP) is 6.23. The Morgan fingerprint density at radius 3 is 2.16 bits per heavy atom. The van der Waals surface area contributed by atoms with E-state index in [-0.39, 0.29) is 23.8 Å². The molecule has 6 nitrogen and oxygen atoms in total. The summed E-state index contributed by atoms with van der Waals surface area (Å²) in [4.78, 5) is 25.8. The number of hydrogen-bond acceptors (Lipinski definition) is 4. The molecule has 0 aliphatic heterocycles.